The minimum absolute atomic E-state index is 0.0897. The van der Waals surface area contributed by atoms with Crippen LogP contribution in [0.25, 0.3) is 0 Å². The average Bonchev–Trinajstić information content (AvgIpc) is 2.33. The first-order valence-electron chi connectivity index (χ1n) is 5.60. The van der Waals surface area contributed by atoms with Crippen LogP contribution in [-0.2, 0) is 11.3 Å². The Balaban J connectivity index is 1.89. The molecule has 2 N–H and O–H groups in total. The van der Waals surface area contributed by atoms with Gasteiger partial charge in [0, 0.05) is 25.6 Å². The second kappa shape index (κ2) is 5.47. The summed E-state index contributed by atoms with van der Waals surface area (Å²) < 4.78 is 13.2. The molecular formula is C12H14ClFN2O. The van der Waals surface area contributed by atoms with Gasteiger partial charge in [0.25, 0.3) is 0 Å². The van der Waals surface area contributed by atoms with Crippen molar-refractivity contribution >= 4 is 17.5 Å². The molecule has 5 heteroatoms. The molecule has 1 unspecified atom stereocenters. The first-order chi connectivity index (χ1) is 8.16. The minimum atomic E-state index is -0.400. The molecule has 2 rings (SSSR count). The number of amides is 1. The molecule has 17 heavy (non-hydrogen) atoms. The largest absolute Gasteiger partial charge is 0.355 e. The molecule has 1 aliphatic rings. The van der Waals surface area contributed by atoms with Crippen molar-refractivity contribution in [1.29, 1.82) is 0 Å². The molecule has 1 aromatic rings. The van der Waals surface area contributed by atoms with E-state index in [4.69, 9.17) is 11.6 Å². The molecule has 0 bridgehead atoms. The van der Waals surface area contributed by atoms with Gasteiger partial charge in [-0.1, -0.05) is 23.7 Å². The zero-order valence-electron chi connectivity index (χ0n) is 9.30. The molecule has 1 fully saturated rings. The number of piperidine rings is 1. The van der Waals surface area contributed by atoms with E-state index in [1.165, 1.54) is 6.07 Å². The van der Waals surface area contributed by atoms with E-state index in [2.05, 4.69) is 10.6 Å². The van der Waals surface area contributed by atoms with E-state index in [-0.39, 0.29) is 17.0 Å². The van der Waals surface area contributed by atoms with E-state index in [9.17, 15) is 9.18 Å². The van der Waals surface area contributed by atoms with E-state index < -0.39 is 5.82 Å². The summed E-state index contributed by atoms with van der Waals surface area (Å²) in [5.41, 5.74) is 0.739. The van der Waals surface area contributed by atoms with Gasteiger partial charge in [0.1, 0.15) is 5.82 Å². The monoisotopic (exact) mass is 256 g/mol. The van der Waals surface area contributed by atoms with Crippen LogP contribution in [-0.4, -0.2) is 18.5 Å². The third kappa shape index (κ3) is 3.17. The molecule has 0 spiro atoms. The van der Waals surface area contributed by atoms with Crippen LogP contribution in [0.2, 0.25) is 5.02 Å². The van der Waals surface area contributed by atoms with Crippen LogP contribution in [0.4, 0.5) is 4.39 Å². The quantitative estimate of drug-likeness (QED) is 0.867. The van der Waals surface area contributed by atoms with Gasteiger partial charge in [0.15, 0.2) is 0 Å². The van der Waals surface area contributed by atoms with Gasteiger partial charge in [-0.25, -0.2) is 4.39 Å². The number of carbonyl (C=O) groups is 1. The van der Waals surface area contributed by atoms with E-state index in [0.717, 1.165) is 12.0 Å². The number of rotatable bonds is 3. The predicted octanol–water partition coefficient (Wildman–Crippen LogP) is 1.85. The number of benzene rings is 1. The molecule has 1 heterocycles. The van der Waals surface area contributed by atoms with Gasteiger partial charge in [-0.3, -0.25) is 4.79 Å². The zero-order valence-corrected chi connectivity index (χ0v) is 10.1. The van der Waals surface area contributed by atoms with Gasteiger partial charge in [0.05, 0.1) is 5.02 Å². The molecule has 1 amide bonds. The SMILES string of the molecule is O=C1CCC(NCc2cccc(F)c2Cl)CN1. The second-order valence-corrected chi connectivity index (χ2v) is 4.51. The molecule has 0 aromatic heterocycles. The fourth-order valence-corrected chi connectivity index (χ4v) is 2.04. The van der Waals surface area contributed by atoms with E-state index in [0.29, 0.717) is 19.5 Å². The van der Waals surface area contributed by atoms with Crippen molar-refractivity contribution in [3.63, 3.8) is 0 Å². The van der Waals surface area contributed by atoms with Crippen LogP contribution in [0.5, 0.6) is 0 Å². The highest BCUT2D eigenvalue weighted by atomic mass is 35.5. The lowest BCUT2D eigenvalue weighted by Crippen LogP contribution is -2.45. The van der Waals surface area contributed by atoms with Crippen LogP contribution < -0.4 is 10.6 Å². The highest BCUT2D eigenvalue weighted by Gasteiger charge is 2.17. The Hall–Kier alpha value is -1.13. The van der Waals surface area contributed by atoms with Crippen molar-refractivity contribution in [1.82, 2.24) is 10.6 Å². The molecule has 1 aliphatic heterocycles. The molecule has 0 saturated carbocycles. The first kappa shape index (κ1) is 12.3. The normalized spacial score (nSPS) is 20.1. The molecule has 3 nitrogen and oxygen atoms in total. The Kier molecular flexibility index (Phi) is 3.97. The molecular weight excluding hydrogens is 243 g/mol. The molecule has 1 atom stereocenters. The van der Waals surface area contributed by atoms with Crippen LogP contribution in [0.1, 0.15) is 18.4 Å². The second-order valence-electron chi connectivity index (χ2n) is 4.13. The third-order valence-corrected chi connectivity index (χ3v) is 3.30. The van der Waals surface area contributed by atoms with Crippen molar-refractivity contribution in [3.8, 4) is 0 Å². The summed E-state index contributed by atoms with van der Waals surface area (Å²) in [6.45, 7) is 1.13. The Bertz CT molecular complexity index is 415. The van der Waals surface area contributed by atoms with Gasteiger partial charge in [0.2, 0.25) is 5.91 Å². The summed E-state index contributed by atoms with van der Waals surface area (Å²) in [6.07, 6.45) is 1.34. The van der Waals surface area contributed by atoms with Crippen molar-refractivity contribution < 1.29 is 9.18 Å². The smallest absolute Gasteiger partial charge is 0.220 e. The van der Waals surface area contributed by atoms with E-state index in [1.54, 1.807) is 12.1 Å². The van der Waals surface area contributed by atoms with E-state index >= 15 is 0 Å². The molecule has 1 saturated heterocycles. The van der Waals surface area contributed by atoms with Gasteiger partial charge in [-0.15, -0.1) is 0 Å². The summed E-state index contributed by atoms with van der Waals surface area (Å²) in [5.74, 6) is -0.310. The van der Waals surface area contributed by atoms with Crippen LogP contribution in [0.15, 0.2) is 18.2 Å². The fraction of sp³-hybridized carbons (Fsp3) is 0.417. The number of nitrogens with one attached hydrogen (secondary N) is 2. The Morgan fingerprint density at radius 1 is 1.53 bits per heavy atom. The van der Waals surface area contributed by atoms with Crippen molar-refractivity contribution in [2.24, 2.45) is 0 Å². The maximum atomic E-state index is 13.2. The van der Waals surface area contributed by atoms with Gasteiger partial charge >= 0.3 is 0 Å². The number of halogens is 2. The van der Waals surface area contributed by atoms with Gasteiger partial charge < -0.3 is 10.6 Å². The summed E-state index contributed by atoms with van der Waals surface area (Å²) in [6, 6.07) is 5.00. The summed E-state index contributed by atoms with van der Waals surface area (Å²) >= 11 is 5.85. The van der Waals surface area contributed by atoms with E-state index in [1.807, 2.05) is 0 Å². The molecule has 1 aromatic carbocycles. The maximum Gasteiger partial charge on any atom is 0.220 e. The predicted molar refractivity (Wildman–Crippen MR) is 64.3 cm³/mol. The van der Waals surface area contributed by atoms with Crippen molar-refractivity contribution in [2.45, 2.75) is 25.4 Å². The minimum Gasteiger partial charge on any atom is -0.355 e. The van der Waals surface area contributed by atoms with Crippen molar-refractivity contribution in [3.05, 3.63) is 34.6 Å². The standard InChI is InChI=1S/C12H14ClFN2O/c13-12-8(2-1-3-10(12)14)6-15-9-4-5-11(17)16-7-9/h1-3,9,15H,4-7H2,(H,16,17). The van der Waals surface area contributed by atoms with Crippen LogP contribution in [0.3, 0.4) is 0 Å². The van der Waals surface area contributed by atoms with Gasteiger partial charge in [-0.2, -0.15) is 0 Å². The lowest BCUT2D eigenvalue weighted by atomic mass is 10.1. The lowest BCUT2D eigenvalue weighted by molar-refractivity contribution is -0.122. The molecule has 92 valence electrons. The topological polar surface area (TPSA) is 41.1 Å². The highest BCUT2D eigenvalue weighted by Crippen LogP contribution is 2.19. The number of carbonyl (C=O) groups excluding carboxylic acids is 1. The third-order valence-electron chi connectivity index (χ3n) is 2.88. The highest BCUT2D eigenvalue weighted by molar-refractivity contribution is 6.31. The summed E-state index contributed by atoms with van der Waals surface area (Å²) in [5, 5.41) is 6.21. The Morgan fingerprint density at radius 3 is 3.06 bits per heavy atom. The molecule has 0 aliphatic carbocycles. The Labute approximate surface area is 104 Å². The summed E-state index contributed by atoms with van der Waals surface area (Å²) in [7, 11) is 0. The molecule has 0 radical (unpaired) electrons. The zero-order chi connectivity index (χ0) is 12.3. The van der Waals surface area contributed by atoms with Crippen LogP contribution >= 0.6 is 11.6 Å². The van der Waals surface area contributed by atoms with Gasteiger partial charge in [-0.05, 0) is 18.1 Å². The number of hydrogen-bond donors (Lipinski definition) is 2. The summed E-state index contributed by atoms with van der Waals surface area (Å²) in [4.78, 5) is 11.0. The Morgan fingerprint density at radius 2 is 2.35 bits per heavy atom. The fourth-order valence-electron chi connectivity index (χ4n) is 1.85. The number of hydrogen-bond acceptors (Lipinski definition) is 2. The lowest BCUT2D eigenvalue weighted by Gasteiger charge is -2.23. The average molecular weight is 257 g/mol. The first-order valence-corrected chi connectivity index (χ1v) is 5.97. The van der Waals surface area contributed by atoms with Crippen LogP contribution in [0, 0.1) is 5.82 Å². The maximum absolute atomic E-state index is 13.2. The van der Waals surface area contributed by atoms with Crippen molar-refractivity contribution in [2.75, 3.05) is 6.54 Å².